The minimum Gasteiger partial charge on any atom is -0.506 e. The third-order valence-corrected chi connectivity index (χ3v) is 2.55. The Balaban J connectivity index is 0.000000300. The molecule has 7 nitrogen and oxygen atoms in total. The molecule has 104 valence electrons. The standard InChI is InChI=1S/C8H10N2O4.C4H6O/c1-2-14-6-4-3-5(11)7(9)8(6)10(12)13;5-4-2-1-3-4/h3-4,11H,2,9H2,1H3;1-3H2. The lowest BCUT2D eigenvalue weighted by Crippen LogP contribution is -2.07. The normalized spacial score (nSPS) is 13.0. The first-order valence-electron chi connectivity index (χ1n) is 5.87. The third kappa shape index (κ3) is 3.84. The Kier molecular flexibility index (Phi) is 5.11. The second kappa shape index (κ2) is 6.58. The lowest BCUT2D eigenvalue weighted by Gasteiger charge is -2.06. The molecule has 0 bridgehead atoms. The highest BCUT2D eigenvalue weighted by atomic mass is 16.6. The summed E-state index contributed by atoms with van der Waals surface area (Å²) in [5, 5.41) is 19.8. The van der Waals surface area contributed by atoms with Crippen LogP contribution in [0.3, 0.4) is 0 Å². The number of nitro benzene ring substituents is 1. The summed E-state index contributed by atoms with van der Waals surface area (Å²) in [5.74, 6) is 0.179. The van der Waals surface area contributed by atoms with Gasteiger partial charge in [-0.3, -0.25) is 14.9 Å². The summed E-state index contributed by atoms with van der Waals surface area (Å²) in [5.41, 5.74) is 4.67. The number of carbonyl (C=O) groups is 1. The van der Waals surface area contributed by atoms with Gasteiger partial charge in [-0.25, -0.2) is 0 Å². The predicted molar refractivity (Wildman–Crippen MR) is 69.2 cm³/mol. The summed E-state index contributed by atoms with van der Waals surface area (Å²) in [6, 6.07) is 2.57. The number of nitrogens with two attached hydrogens (primary N) is 1. The molecule has 1 aromatic carbocycles. The molecule has 0 amide bonds. The Morgan fingerprint density at radius 2 is 2.05 bits per heavy atom. The molecule has 0 saturated heterocycles. The maximum Gasteiger partial charge on any atom is 0.337 e. The molecule has 1 aliphatic rings. The van der Waals surface area contributed by atoms with E-state index < -0.39 is 10.6 Å². The third-order valence-electron chi connectivity index (χ3n) is 2.55. The van der Waals surface area contributed by atoms with Crippen LogP contribution in [0.5, 0.6) is 11.5 Å². The van der Waals surface area contributed by atoms with Crippen LogP contribution in [-0.4, -0.2) is 22.4 Å². The van der Waals surface area contributed by atoms with E-state index in [0.29, 0.717) is 12.4 Å². The molecule has 1 aromatic rings. The fourth-order valence-electron chi connectivity index (χ4n) is 1.36. The minimum atomic E-state index is -0.681. The fraction of sp³-hybridized carbons (Fsp3) is 0.417. The quantitative estimate of drug-likeness (QED) is 0.375. The molecule has 2 rings (SSSR count). The van der Waals surface area contributed by atoms with E-state index in [-0.39, 0.29) is 17.2 Å². The number of rotatable bonds is 3. The first-order valence-corrected chi connectivity index (χ1v) is 5.87. The highest BCUT2D eigenvalue weighted by Crippen LogP contribution is 2.38. The van der Waals surface area contributed by atoms with Gasteiger partial charge in [-0.15, -0.1) is 0 Å². The molecular weight excluding hydrogens is 252 g/mol. The number of ether oxygens (including phenoxy) is 1. The summed E-state index contributed by atoms with van der Waals surface area (Å²) in [6.07, 6.45) is 2.83. The molecule has 0 atom stereocenters. The van der Waals surface area contributed by atoms with Gasteiger partial charge in [0.1, 0.15) is 11.5 Å². The molecule has 0 unspecified atom stereocenters. The molecule has 1 saturated carbocycles. The summed E-state index contributed by atoms with van der Waals surface area (Å²) < 4.78 is 5.00. The lowest BCUT2D eigenvalue weighted by molar-refractivity contribution is -0.384. The van der Waals surface area contributed by atoms with Crippen molar-refractivity contribution in [2.75, 3.05) is 12.3 Å². The zero-order valence-electron chi connectivity index (χ0n) is 10.6. The maximum absolute atomic E-state index is 10.6. The van der Waals surface area contributed by atoms with Crippen molar-refractivity contribution in [2.24, 2.45) is 0 Å². The molecule has 0 radical (unpaired) electrons. The molecule has 19 heavy (non-hydrogen) atoms. The monoisotopic (exact) mass is 268 g/mol. The Bertz CT molecular complexity index is 481. The van der Waals surface area contributed by atoms with Gasteiger partial charge in [-0.1, -0.05) is 0 Å². The van der Waals surface area contributed by atoms with Crippen molar-refractivity contribution in [3.05, 3.63) is 22.2 Å². The molecule has 0 spiro atoms. The zero-order chi connectivity index (χ0) is 14.4. The molecule has 1 fully saturated rings. The number of aromatic hydroxyl groups is 1. The lowest BCUT2D eigenvalue weighted by atomic mass is 9.99. The van der Waals surface area contributed by atoms with Crippen LogP contribution < -0.4 is 10.5 Å². The van der Waals surface area contributed by atoms with Crippen LogP contribution in [0.4, 0.5) is 11.4 Å². The van der Waals surface area contributed by atoms with Crippen molar-refractivity contribution in [1.82, 2.24) is 0 Å². The number of phenols is 1. The van der Waals surface area contributed by atoms with E-state index in [4.69, 9.17) is 15.6 Å². The first-order chi connectivity index (χ1) is 8.97. The van der Waals surface area contributed by atoms with Crippen LogP contribution in [0.25, 0.3) is 0 Å². The van der Waals surface area contributed by atoms with Crippen LogP contribution in [0.15, 0.2) is 12.1 Å². The van der Waals surface area contributed by atoms with Crippen molar-refractivity contribution in [1.29, 1.82) is 0 Å². The van der Waals surface area contributed by atoms with Crippen molar-refractivity contribution in [3.63, 3.8) is 0 Å². The summed E-state index contributed by atoms with van der Waals surface area (Å²) in [4.78, 5) is 19.8. The summed E-state index contributed by atoms with van der Waals surface area (Å²) in [6.45, 7) is 2.00. The highest BCUT2D eigenvalue weighted by molar-refractivity contribution is 5.83. The topological polar surface area (TPSA) is 116 Å². The number of phenolic OH excluding ortho intramolecular Hbond substituents is 1. The number of carbonyl (C=O) groups excluding carboxylic acids is 1. The highest BCUT2D eigenvalue weighted by Gasteiger charge is 2.22. The number of anilines is 1. The van der Waals surface area contributed by atoms with Crippen molar-refractivity contribution in [3.8, 4) is 11.5 Å². The van der Waals surface area contributed by atoms with Gasteiger partial charge in [0.05, 0.1) is 11.5 Å². The predicted octanol–water partition coefficient (Wildman–Crippen LogP) is 2.02. The van der Waals surface area contributed by atoms with Gasteiger partial charge < -0.3 is 15.6 Å². The number of hydrogen-bond acceptors (Lipinski definition) is 6. The molecule has 0 aliphatic heterocycles. The van der Waals surface area contributed by atoms with E-state index in [0.717, 1.165) is 19.3 Å². The Labute approximate surface area is 110 Å². The maximum atomic E-state index is 10.6. The van der Waals surface area contributed by atoms with Gasteiger partial charge in [0.15, 0.2) is 11.4 Å². The van der Waals surface area contributed by atoms with E-state index in [1.807, 2.05) is 0 Å². The second-order valence-corrected chi connectivity index (χ2v) is 3.93. The Hall–Kier alpha value is -2.31. The average molecular weight is 268 g/mol. The number of nitrogen functional groups attached to an aromatic ring is 1. The molecule has 7 heteroatoms. The molecule has 3 N–H and O–H groups in total. The van der Waals surface area contributed by atoms with Crippen LogP contribution in [0.1, 0.15) is 26.2 Å². The van der Waals surface area contributed by atoms with E-state index in [1.165, 1.54) is 12.1 Å². The number of nitrogens with zero attached hydrogens (tertiary/aromatic N) is 1. The Morgan fingerprint density at radius 1 is 1.47 bits per heavy atom. The van der Waals surface area contributed by atoms with E-state index in [9.17, 15) is 14.9 Å². The van der Waals surface area contributed by atoms with Gasteiger partial charge >= 0.3 is 5.69 Å². The van der Waals surface area contributed by atoms with Gasteiger partial charge in [0, 0.05) is 12.8 Å². The largest absolute Gasteiger partial charge is 0.506 e. The van der Waals surface area contributed by atoms with E-state index in [2.05, 4.69) is 0 Å². The molecular formula is C12H16N2O5. The van der Waals surface area contributed by atoms with Crippen LogP contribution in [-0.2, 0) is 4.79 Å². The molecule has 0 heterocycles. The van der Waals surface area contributed by atoms with Crippen LogP contribution in [0.2, 0.25) is 0 Å². The van der Waals surface area contributed by atoms with Gasteiger partial charge in [-0.2, -0.15) is 0 Å². The van der Waals surface area contributed by atoms with Crippen molar-refractivity contribution >= 4 is 17.2 Å². The van der Waals surface area contributed by atoms with Crippen molar-refractivity contribution in [2.45, 2.75) is 26.2 Å². The summed E-state index contributed by atoms with van der Waals surface area (Å²) >= 11 is 0. The second-order valence-electron chi connectivity index (χ2n) is 3.93. The number of hydrogen-bond donors (Lipinski definition) is 2. The number of nitro groups is 1. The minimum absolute atomic E-state index is 0.0628. The van der Waals surface area contributed by atoms with Crippen LogP contribution >= 0.6 is 0 Å². The van der Waals surface area contributed by atoms with Gasteiger partial charge in [0.2, 0.25) is 0 Å². The van der Waals surface area contributed by atoms with Gasteiger partial charge in [0.25, 0.3) is 0 Å². The fourth-order valence-corrected chi connectivity index (χ4v) is 1.36. The number of Topliss-reactive ketones (excluding diaryl/α,β-unsaturated/α-hetero) is 1. The Morgan fingerprint density at radius 3 is 2.42 bits per heavy atom. The number of benzene rings is 1. The molecule has 0 aromatic heterocycles. The SMILES string of the molecule is CCOc1ccc(O)c(N)c1[N+](=O)[O-].O=C1CCC1. The van der Waals surface area contributed by atoms with E-state index in [1.54, 1.807) is 6.92 Å². The van der Waals surface area contributed by atoms with Crippen molar-refractivity contribution < 1.29 is 19.6 Å². The average Bonchev–Trinajstić information content (AvgIpc) is 2.32. The molecule has 1 aliphatic carbocycles. The smallest absolute Gasteiger partial charge is 0.337 e. The zero-order valence-corrected chi connectivity index (χ0v) is 10.6. The summed E-state index contributed by atoms with van der Waals surface area (Å²) in [7, 11) is 0. The van der Waals surface area contributed by atoms with Gasteiger partial charge in [-0.05, 0) is 25.5 Å². The first kappa shape index (κ1) is 14.7. The number of ketones is 1. The van der Waals surface area contributed by atoms with E-state index >= 15 is 0 Å². The van der Waals surface area contributed by atoms with Crippen LogP contribution in [0, 0.1) is 10.1 Å².